The standard InChI is InChI=1S/C15H22ClN3O4S.ClH/c1-19(2)15(20)12-8-10(16)9-13(14(12)23-3)24(21,22)18-11-4-6-17-7-5-11;/h8-9,11,17-18H,4-7H2,1-3H3;1H. The predicted molar refractivity (Wildman–Crippen MR) is 99.5 cm³/mol. The zero-order valence-corrected chi connectivity index (χ0v) is 16.7. The maximum Gasteiger partial charge on any atom is 0.257 e. The van der Waals surface area contributed by atoms with Crippen molar-refractivity contribution in [2.75, 3.05) is 34.3 Å². The Hall–Kier alpha value is -1.06. The average molecular weight is 412 g/mol. The fourth-order valence-corrected chi connectivity index (χ4v) is 4.41. The molecule has 0 spiro atoms. The molecule has 1 aliphatic heterocycles. The minimum absolute atomic E-state index is 0. The Morgan fingerprint density at radius 3 is 2.44 bits per heavy atom. The zero-order valence-electron chi connectivity index (χ0n) is 14.3. The Kier molecular flexibility index (Phi) is 7.95. The van der Waals surface area contributed by atoms with Crippen LogP contribution in [0.1, 0.15) is 23.2 Å². The lowest BCUT2D eigenvalue weighted by Gasteiger charge is -2.24. The fraction of sp³-hybridized carbons (Fsp3) is 0.533. The summed E-state index contributed by atoms with van der Waals surface area (Å²) in [6.07, 6.45) is 1.40. The molecule has 2 N–H and O–H groups in total. The number of ether oxygens (including phenoxy) is 1. The largest absolute Gasteiger partial charge is 0.494 e. The molecule has 1 aromatic carbocycles. The van der Waals surface area contributed by atoms with Gasteiger partial charge in [0.2, 0.25) is 10.0 Å². The molecule has 1 heterocycles. The fourth-order valence-electron chi connectivity index (χ4n) is 2.60. The Morgan fingerprint density at radius 1 is 1.32 bits per heavy atom. The predicted octanol–water partition coefficient (Wildman–Crippen LogP) is 1.50. The SMILES string of the molecule is COc1c(C(=O)N(C)C)cc(Cl)cc1S(=O)(=O)NC1CCNCC1.Cl. The number of piperidine rings is 1. The molecule has 0 saturated carbocycles. The van der Waals surface area contributed by atoms with Gasteiger partial charge in [0.15, 0.2) is 5.75 Å². The first-order valence-corrected chi connectivity index (χ1v) is 9.44. The lowest BCUT2D eigenvalue weighted by Crippen LogP contribution is -2.42. The van der Waals surface area contributed by atoms with Crippen LogP contribution in [0.5, 0.6) is 5.75 Å². The number of benzene rings is 1. The Morgan fingerprint density at radius 2 is 1.92 bits per heavy atom. The first kappa shape index (κ1) is 22.0. The Labute approximate surface area is 159 Å². The van der Waals surface area contributed by atoms with Crippen molar-refractivity contribution in [3.05, 3.63) is 22.7 Å². The van der Waals surface area contributed by atoms with E-state index in [1.54, 1.807) is 14.1 Å². The van der Waals surface area contributed by atoms with Crippen LogP contribution in [0.15, 0.2) is 17.0 Å². The van der Waals surface area contributed by atoms with E-state index in [0.717, 1.165) is 13.1 Å². The van der Waals surface area contributed by atoms with Gasteiger partial charge < -0.3 is 15.0 Å². The van der Waals surface area contributed by atoms with E-state index >= 15 is 0 Å². The molecule has 0 aliphatic carbocycles. The Balaban J connectivity index is 0.00000312. The number of carbonyl (C=O) groups is 1. The second-order valence-corrected chi connectivity index (χ2v) is 7.95. The summed E-state index contributed by atoms with van der Waals surface area (Å²) in [5.74, 6) is -0.382. The summed E-state index contributed by atoms with van der Waals surface area (Å²) in [6.45, 7) is 1.51. The summed E-state index contributed by atoms with van der Waals surface area (Å²) in [7, 11) is 0.615. The minimum atomic E-state index is -3.86. The van der Waals surface area contributed by atoms with Crippen molar-refractivity contribution in [2.24, 2.45) is 0 Å². The van der Waals surface area contributed by atoms with E-state index in [-0.39, 0.29) is 45.6 Å². The molecule has 2 rings (SSSR count). The summed E-state index contributed by atoms with van der Waals surface area (Å²) in [6, 6.07) is 2.55. The molecular formula is C15H23Cl2N3O4S. The normalized spacial score (nSPS) is 15.4. The molecule has 25 heavy (non-hydrogen) atoms. The van der Waals surface area contributed by atoms with Gasteiger partial charge in [-0.3, -0.25) is 4.79 Å². The molecule has 1 amide bonds. The number of hydrogen-bond donors (Lipinski definition) is 2. The number of hydrogen-bond acceptors (Lipinski definition) is 5. The van der Waals surface area contributed by atoms with Crippen molar-refractivity contribution in [1.82, 2.24) is 14.9 Å². The van der Waals surface area contributed by atoms with Gasteiger partial charge in [-0.15, -0.1) is 12.4 Å². The summed E-state index contributed by atoms with van der Waals surface area (Å²) < 4.78 is 33.5. The molecule has 1 fully saturated rings. The van der Waals surface area contributed by atoms with Crippen molar-refractivity contribution >= 4 is 39.9 Å². The first-order valence-electron chi connectivity index (χ1n) is 7.58. The highest BCUT2D eigenvalue weighted by molar-refractivity contribution is 7.89. The highest BCUT2D eigenvalue weighted by Crippen LogP contribution is 2.32. The number of nitrogens with zero attached hydrogens (tertiary/aromatic N) is 1. The van der Waals surface area contributed by atoms with Crippen molar-refractivity contribution in [2.45, 2.75) is 23.8 Å². The van der Waals surface area contributed by atoms with Crippen LogP contribution in [0, 0.1) is 0 Å². The number of halogens is 2. The summed E-state index contributed by atoms with van der Waals surface area (Å²) in [5.41, 5.74) is 0.112. The van der Waals surface area contributed by atoms with Crippen molar-refractivity contribution in [3.8, 4) is 5.75 Å². The molecule has 0 atom stereocenters. The van der Waals surface area contributed by atoms with Gasteiger partial charge in [0.25, 0.3) is 5.91 Å². The van der Waals surface area contributed by atoms with Crippen LogP contribution in [0.4, 0.5) is 0 Å². The molecule has 7 nitrogen and oxygen atoms in total. The molecular weight excluding hydrogens is 389 g/mol. The lowest BCUT2D eigenvalue weighted by molar-refractivity contribution is 0.0824. The maximum absolute atomic E-state index is 12.8. The number of rotatable bonds is 5. The molecule has 142 valence electrons. The second kappa shape index (κ2) is 9.05. The van der Waals surface area contributed by atoms with Crippen LogP contribution < -0.4 is 14.8 Å². The van der Waals surface area contributed by atoms with E-state index < -0.39 is 10.0 Å². The van der Waals surface area contributed by atoms with Gasteiger partial charge in [-0.1, -0.05) is 11.6 Å². The van der Waals surface area contributed by atoms with Gasteiger partial charge in [0.1, 0.15) is 4.90 Å². The minimum Gasteiger partial charge on any atom is -0.494 e. The van der Waals surface area contributed by atoms with E-state index in [2.05, 4.69) is 10.0 Å². The van der Waals surface area contributed by atoms with Crippen molar-refractivity contribution in [3.63, 3.8) is 0 Å². The number of amides is 1. The van der Waals surface area contributed by atoms with Gasteiger partial charge in [0.05, 0.1) is 12.7 Å². The number of carbonyl (C=O) groups excluding carboxylic acids is 1. The number of methoxy groups -OCH3 is 1. The second-order valence-electron chi connectivity index (χ2n) is 5.83. The van der Waals surface area contributed by atoms with E-state index in [9.17, 15) is 13.2 Å². The van der Waals surface area contributed by atoms with Gasteiger partial charge in [-0.25, -0.2) is 13.1 Å². The van der Waals surface area contributed by atoms with Crippen molar-refractivity contribution < 1.29 is 17.9 Å². The van der Waals surface area contributed by atoms with Crippen LogP contribution in [-0.4, -0.2) is 59.6 Å². The summed E-state index contributed by atoms with van der Waals surface area (Å²) in [4.78, 5) is 13.5. The molecule has 1 aliphatic rings. The highest BCUT2D eigenvalue weighted by atomic mass is 35.5. The van der Waals surface area contributed by atoms with Gasteiger partial charge in [0, 0.05) is 25.2 Å². The summed E-state index contributed by atoms with van der Waals surface area (Å²) in [5, 5.41) is 3.34. The first-order chi connectivity index (χ1) is 11.3. The zero-order chi connectivity index (χ0) is 17.9. The van der Waals surface area contributed by atoms with E-state index in [1.165, 1.54) is 24.1 Å². The Bertz CT molecular complexity index is 720. The van der Waals surface area contributed by atoms with Crippen LogP contribution in [-0.2, 0) is 10.0 Å². The lowest BCUT2D eigenvalue weighted by atomic mass is 10.1. The van der Waals surface area contributed by atoms with Crippen LogP contribution in [0.3, 0.4) is 0 Å². The smallest absolute Gasteiger partial charge is 0.257 e. The number of nitrogens with one attached hydrogen (secondary N) is 2. The molecule has 1 saturated heterocycles. The van der Waals surface area contributed by atoms with E-state index in [1.807, 2.05) is 0 Å². The third-order valence-corrected chi connectivity index (χ3v) is 5.55. The molecule has 0 radical (unpaired) electrons. The van der Waals surface area contributed by atoms with Gasteiger partial charge >= 0.3 is 0 Å². The third kappa shape index (κ3) is 5.21. The molecule has 0 bridgehead atoms. The van der Waals surface area contributed by atoms with Crippen LogP contribution >= 0.6 is 24.0 Å². The quantitative estimate of drug-likeness (QED) is 0.766. The highest BCUT2D eigenvalue weighted by Gasteiger charge is 2.29. The molecule has 10 heteroatoms. The number of sulfonamides is 1. The topological polar surface area (TPSA) is 87.7 Å². The molecule has 0 unspecified atom stereocenters. The van der Waals surface area contributed by atoms with Gasteiger partial charge in [-0.2, -0.15) is 0 Å². The monoisotopic (exact) mass is 411 g/mol. The van der Waals surface area contributed by atoms with Gasteiger partial charge in [-0.05, 0) is 38.1 Å². The maximum atomic E-state index is 12.8. The van der Waals surface area contributed by atoms with E-state index in [0.29, 0.717) is 12.8 Å². The summed E-state index contributed by atoms with van der Waals surface area (Å²) >= 11 is 6.05. The van der Waals surface area contributed by atoms with Crippen LogP contribution in [0.2, 0.25) is 5.02 Å². The third-order valence-electron chi connectivity index (χ3n) is 3.81. The van der Waals surface area contributed by atoms with Crippen molar-refractivity contribution in [1.29, 1.82) is 0 Å². The van der Waals surface area contributed by atoms with E-state index in [4.69, 9.17) is 16.3 Å². The molecule has 1 aromatic rings. The van der Waals surface area contributed by atoms with Crippen LogP contribution in [0.25, 0.3) is 0 Å². The molecule has 0 aromatic heterocycles. The average Bonchev–Trinajstić information content (AvgIpc) is 2.53.